The monoisotopic (exact) mass is 336 g/mol. The number of urea groups is 1. The van der Waals surface area contributed by atoms with Gasteiger partial charge in [-0.25, -0.2) is 14.5 Å². The van der Waals surface area contributed by atoms with Gasteiger partial charge in [-0.05, 0) is 44.5 Å². The van der Waals surface area contributed by atoms with Gasteiger partial charge in [0.2, 0.25) is 0 Å². The maximum atomic E-state index is 12.3. The number of pyridine rings is 1. The molecule has 0 aliphatic carbocycles. The first-order valence-electron chi connectivity index (χ1n) is 7.99. The number of nitrogens with one attached hydrogen (secondary N) is 2. The number of nitrogens with zero attached hydrogens (tertiary/aromatic N) is 4. The Bertz CT molecular complexity index is 902. The molecule has 0 aliphatic rings. The minimum atomic E-state index is -0.299. The van der Waals surface area contributed by atoms with Crippen LogP contribution in [0.15, 0.2) is 42.6 Å². The van der Waals surface area contributed by atoms with Gasteiger partial charge < -0.3 is 10.6 Å². The van der Waals surface area contributed by atoms with Crippen LogP contribution >= 0.6 is 0 Å². The Labute approximate surface area is 146 Å². The average molecular weight is 336 g/mol. The minimum Gasteiger partial charge on any atom is -0.332 e. The molecule has 2 amide bonds. The standard InChI is InChI=1S/C18H20N6O/c1-12-7-6-10-19-16(12)11-20-18(25)22-15-8-4-5-9-17(15)24-14(3)21-13(2)23-24/h4-10H,11H2,1-3H3,(H2,20,22,25). The second kappa shape index (κ2) is 7.12. The summed E-state index contributed by atoms with van der Waals surface area (Å²) < 4.78 is 1.72. The number of aryl methyl sites for hydroxylation is 3. The highest BCUT2D eigenvalue weighted by molar-refractivity contribution is 5.91. The zero-order chi connectivity index (χ0) is 17.8. The fourth-order valence-electron chi connectivity index (χ4n) is 2.55. The molecule has 0 atom stereocenters. The Morgan fingerprint density at radius 3 is 2.64 bits per heavy atom. The van der Waals surface area contributed by atoms with E-state index in [4.69, 9.17) is 0 Å². The molecule has 0 bridgehead atoms. The number of amides is 2. The highest BCUT2D eigenvalue weighted by Gasteiger charge is 2.12. The van der Waals surface area contributed by atoms with Crippen molar-refractivity contribution >= 4 is 11.7 Å². The lowest BCUT2D eigenvalue weighted by Gasteiger charge is -2.13. The van der Waals surface area contributed by atoms with E-state index in [1.165, 1.54) is 0 Å². The van der Waals surface area contributed by atoms with Gasteiger partial charge >= 0.3 is 6.03 Å². The Hall–Kier alpha value is -3.22. The van der Waals surface area contributed by atoms with Crippen molar-refractivity contribution in [2.75, 3.05) is 5.32 Å². The third-order valence-corrected chi connectivity index (χ3v) is 3.79. The van der Waals surface area contributed by atoms with Crippen LogP contribution < -0.4 is 10.6 Å². The summed E-state index contributed by atoms with van der Waals surface area (Å²) in [5.74, 6) is 1.44. The number of benzene rings is 1. The zero-order valence-corrected chi connectivity index (χ0v) is 14.4. The summed E-state index contributed by atoms with van der Waals surface area (Å²) in [5.41, 5.74) is 3.31. The fraction of sp³-hybridized carbons (Fsp3) is 0.222. The molecule has 2 N–H and O–H groups in total. The van der Waals surface area contributed by atoms with E-state index in [1.807, 2.05) is 57.2 Å². The summed E-state index contributed by atoms with van der Waals surface area (Å²) >= 11 is 0. The molecule has 3 rings (SSSR count). The van der Waals surface area contributed by atoms with Crippen LogP contribution in [0.25, 0.3) is 5.69 Å². The highest BCUT2D eigenvalue weighted by Crippen LogP contribution is 2.20. The fourth-order valence-corrected chi connectivity index (χ4v) is 2.55. The first-order chi connectivity index (χ1) is 12.0. The van der Waals surface area contributed by atoms with Crippen molar-refractivity contribution in [3.63, 3.8) is 0 Å². The number of rotatable bonds is 4. The lowest BCUT2D eigenvalue weighted by Crippen LogP contribution is -2.29. The average Bonchev–Trinajstić information content (AvgIpc) is 2.93. The maximum absolute atomic E-state index is 12.3. The lowest BCUT2D eigenvalue weighted by atomic mass is 10.2. The van der Waals surface area contributed by atoms with Crippen molar-refractivity contribution in [3.05, 3.63) is 65.5 Å². The van der Waals surface area contributed by atoms with E-state index in [-0.39, 0.29) is 6.03 Å². The summed E-state index contributed by atoms with van der Waals surface area (Å²) in [7, 11) is 0. The largest absolute Gasteiger partial charge is 0.332 e. The van der Waals surface area contributed by atoms with E-state index in [0.717, 1.165) is 22.8 Å². The van der Waals surface area contributed by atoms with Crippen molar-refractivity contribution in [2.45, 2.75) is 27.3 Å². The van der Waals surface area contributed by atoms with Crippen molar-refractivity contribution in [1.82, 2.24) is 25.1 Å². The Kier molecular flexibility index (Phi) is 4.74. The molecule has 128 valence electrons. The smallest absolute Gasteiger partial charge is 0.319 e. The lowest BCUT2D eigenvalue weighted by molar-refractivity contribution is 0.251. The summed E-state index contributed by atoms with van der Waals surface area (Å²) in [6.07, 6.45) is 1.72. The van der Waals surface area contributed by atoms with E-state index in [1.54, 1.807) is 10.9 Å². The van der Waals surface area contributed by atoms with E-state index < -0.39 is 0 Å². The van der Waals surface area contributed by atoms with Crippen LogP contribution in [0, 0.1) is 20.8 Å². The quantitative estimate of drug-likeness (QED) is 0.767. The van der Waals surface area contributed by atoms with Gasteiger partial charge in [0.1, 0.15) is 11.6 Å². The highest BCUT2D eigenvalue weighted by atomic mass is 16.2. The molecule has 0 saturated carbocycles. The number of carbonyl (C=O) groups is 1. The van der Waals surface area contributed by atoms with E-state index in [9.17, 15) is 4.79 Å². The number of hydrogen-bond donors (Lipinski definition) is 2. The molecule has 25 heavy (non-hydrogen) atoms. The van der Waals surface area contributed by atoms with Crippen molar-refractivity contribution in [2.24, 2.45) is 0 Å². The molecule has 0 spiro atoms. The molecule has 2 heterocycles. The molecule has 0 radical (unpaired) electrons. The first kappa shape index (κ1) is 16.6. The van der Waals surface area contributed by atoms with Crippen LogP contribution in [0.4, 0.5) is 10.5 Å². The van der Waals surface area contributed by atoms with Gasteiger partial charge in [-0.3, -0.25) is 4.98 Å². The second-order valence-corrected chi connectivity index (χ2v) is 5.71. The maximum Gasteiger partial charge on any atom is 0.319 e. The molecular formula is C18H20N6O. The van der Waals surface area contributed by atoms with Crippen LogP contribution in [-0.2, 0) is 6.54 Å². The van der Waals surface area contributed by atoms with Crippen molar-refractivity contribution in [3.8, 4) is 5.69 Å². The number of carbonyl (C=O) groups excluding carboxylic acids is 1. The van der Waals surface area contributed by atoms with Crippen LogP contribution in [0.3, 0.4) is 0 Å². The summed E-state index contributed by atoms with van der Waals surface area (Å²) in [6.45, 7) is 6.04. The molecule has 7 heteroatoms. The normalized spacial score (nSPS) is 10.5. The summed E-state index contributed by atoms with van der Waals surface area (Å²) in [6, 6.07) is 11.0. The van der Waals surface area contributed by atoms with E-state index >= 15 is 0 Å². The van der Waals surface area contributed by atoms with Crippen LogP contribution in [-0.4, -0.2) is 25.8 Å². The van der Waals surface area contributed by atoms with E-state index in [2.05, 4.69) is 25.7 Å². The topological polar surface area (TPSA) is 84.7 Å². The Morgan fingerprint density at radius 2 is 1.92 bits per heavy atom. The van der Waals surface area contributed by atoms with Gasteiger partial charge in [0.25, 0.3) is 0 Å². The molecule has 1 aromatic carbocycles. The first-order valence-corrected chi connectivity index (χ1v) is 7.99. The molecule has 0 unspecified atom stereocenters. The predicted molar refractivity (Wildman–Crippen MR) is 95.7 cm³/mol. The van der Waals surface area contributed by atoms with Crippen LogP contribution in [0.2, 0.25) is 0 Å². The number of aromatic nitrogens is 4. The predicted octanol–water partition coefficient (Wildman–Crippen LogP) is 2.91. The van der Waals surface area contributed by atoms with Gasteiger partial charge in [-0.2, -0.15) is 5.10 Å². The third kappa shape index (κ3) is 3.82. The Balaban J connectivity index is 1.74. The van der Waals surface area contributed by atoms with Gasteiger partial charge in [0.15, 0.2) is 0 Å². The summed E-state index contributed by atoms with van der Waals surface area (Å²) in [5, 5.41) is 10.1. The molecule has 0 aliphatic heterocycles. The zero-order valence-electron chi connectivity index (χ0n) is 14.4. The number of hydrogen-bond acceptors (Lipinski definition) is 4. The van der Waals surface area contributed by atoms with Gasteiger partial charge in [0, 0.05) is 6.20 Å². The van der Waals surface area contributed by atoms with Crippen LogP contribution in [0.5, 0.6) is 0 Å². The molecule has 7 nitrogen and oxygen atoms in total. The minimum absolute atomic E-state index is 0.299. The molecule has 2 aromatic heterocycles. The van der Waals surface area contributed by atoms with Crippen molar-refractivity contribution < 1.29 is 4.79 Å². The SMILES string of the molecule is Cc1nc(C)n(-c2ccccc2NC(=O)NCc2ncccc2C)n1. The van der Waals surface area contributed by atoms with Gasteiger partial charge in [-0.1, -0.05) is 18.2 Å². The Morgan fingerprint density at radius 1 is 1.12 bits per heavy atom. The summed E-state index contributed by atoms with van der Waals surface area (Å²) in [4.78, 5) is 20.9. The number of para-hydroxylation sites is 2. The third-order valence-electron chi connectivity index (χ3n) is 3.79. The number of anilines is 1. The van der Waals surface area contributed by atoms with Gasteiger partial charge in [0.05, 0.1) is 23.6 Å². The molecule has 0 fully saturated rings. The molecule has 3 aromatic rings. The van der Waals surface area contributed by atoms with Gasteiger partial charge in [-0.15, -0.1) is 0 Å². The second-order valence-electron chi connectivity index (χ2n) is 5.71. The molecular weight excluding hydrogens is 316 g/mol. The van der Waals surface area contributed by atoms with Crippen molar-refractivity contribution in [1.29, 1.82) is 0 Å². The van der Waals surface area contributed by atoms with E-state index in [0.29, 0.717) is 18.1 Å². The molecule has 0 saturated heterocycles. The van der Waals surface area contributed by atoms with Crippen LogP contribution in [0.1, 0.15) is 22.9 Å².